The molecule has 15 heavy (non-hydrogen) atoms. The normalized spacial score (nSPS) is 10.1. The maximum Gasteiger partial charge on any atom is 0.243 e. The molecule has 0 amide bonds. The van der Waals surface area contributed by atoms with Gasteiger partial charge in [0.25, 0.3) is 0 Å². The van der Waals surface area contributed by atoms with Crippen LogP contribution in [-0.2, 0) is 6.42 Å². The predicted molar refractivity (Wildman–Crippen MR) is 57.2 cm³/mol. The summed E-state index contributed by atoms with van der Waals surface area (Å²) in [5.74, 6) is 0.850. The van der Waals surface area contributed by atoms with Crippen LogP contribution in [0.3, 0.4) is 0 Å². The number of nitrogens with one attached hydrogen (secondary N) is 2. The van der Waals surface area contributed by atoms with Crippen molar-refractivity contribution in [3.63, 3.8) is 0 Å². The van der Waals surface area contributed by atoms with Crippen molar-refractivity contribution in [1.82, 2.24) is 20.2 Å². The zero-order valence-electron chi connectivity index (χ0n) is 8.14. The quantitative estimate of drug-likeness (QED) is 0.671. The maximum absolute atomic E-state index is 5.38. The van der Waals surface area contributed by atoms with Gasteiger partial charge in [-0.1, -0.05) is 0 Å². The maximum atomic E-state index is 5.38. The van der Waals surface area contributed by atoms with Crippen LogP contribution in [-0.4, -0.2) is 26.7 Å². The Labute approximate surface area is 86.9 Å². The van der Waals surface area contributed by atoms with E-state index >= 15 is 0 Å². The van der Waals surface area contributed by atoms with Crippen molar-refractivity contribution < 1.29 is 0 Å². The summed E-state index contributed by atoms with van der Waals surface area (Å²) in [5.41, 5.74) is 6.61. The highest BCUT2D eigenvalue weighted by molar-refractivity contribution is 5.29. The number of nitrogen functional groups attached to an aromatic ring is 1. The summed E-state index contributed by atoms with van der Waals surface area (Å²) in [7, 11) is 0. The number of anilines is 2. The molecular weight excluding hydrogens is 192 g/mol. The fraction of sp³-hybridized carbons (Fsp3) is 0.222. The van der Waals surface area contributed by atoms with Gasteiger partial charge in [-0.3, -0.25) is 4.98 Å². The van der Waals surface area contributed by atoms with Gasteiger partial charge in [0.05, 0.1) is 0 Å². The molecule has 2 rings (SSSR count). The molecule has 0 saturated heterocycles. The van der Waals surface area contributed by atoms with Crippen LogP contribution in [0.2, 0.25) is 0 Å². The molecule has 0 saturated carbocycles. The van der Waals surface area contributed by atoms with Crippen molar-refractivity contribution in [2.45, 2.75) is 6.42 Å². The average molecular weight is 204 g/mol. The van der Waals surface area contributed by atoms with Gasteiger partial charge in [0, 0.05) is 18.9 Å². The van der Waals surface area contributed by atoms with Crippen molar-refractivity contribution in [2.75, 3.05) is 17.6 Å². The standard InChI is InChI=1S/C9H12N6/c10-8-13-9(15-14-8)12-6-3-7-1-4-11-5-2-7/h1-2,4-5H,3,6H2,(H4,10,12,13,14,15). The molecular formula is C9H12N6. The second-order valence-electron chi connectivity index (χ2n) is 3.08. The Morgan fingerprint density at radius 3 is 2.80 bits per heavy atom. The molecule has 0 atom stereocenters. The van der Waals surface area contributed by atoms with E-state index in [-0.39, 0.29) is 0 Å². The molecule has 4 N–H and O–H groups in total. The van der Waals surface area contributed by atoms with Crippen LogP contribution >= 0.6 is 0 Å². The number of H-pyrrole nitrogens is 1. The third kappa shape index (κ3) is 2.67. The summed E-state index contributed by atoms with van der Waals surface area (Å²) >= 11 is 0. The molecule has 0 aliphatic heterocycles. The molecule has 0 fully saturated rings. The zero-order chi connectivity index (χ0) is 10.5. The number of hydrogen-bond donors (Lipinski definition) is 3. The van der Waals surface area contributed by atoms with Gasteiger partial charge in [-0.15, -0.1) is 5.10 Å². The minimum Gasteiger partial charge on any atom is -0.368 e. The van der Waals surface area contributed by atoms with Crippen LogP contribution < -0.4 is 11.1 Å². The highest BCUT2D eigenvalue weighted by Gasteiger charge is 1.98. The Hall–Kier alpha value is -2.11. The fourth-order valence-electron chi connectivity index (χ4n) is 1.22. The molecule has 0 aliphatic rings. The number of rotatable bonds is 4. The van der Waals surface area contributed by atoms with E-state index in [0.717, 1.165) is 13.0 Å². The molecule has 0 bridgehead atoms. The summed E-state index contributed by atoms with van der Waals surface area (Å²) < 4.78 is 0. The number of nitrogens with zero attached hydrogens (tertiary/aromatic N) is 3. The molecule has 6 heteroatoms. The minimum atomic E-state index is 0.321. The van der Waals surface area contributed by atoms with Gasteiger partial charge in [-0.25, -0.2) is 5.10 Å². The van der Waals surface area contributed by atoms with E-state index in [1.54, 1.807) is 12.4 Å². The molecule has 6 nitrogen and oxygen atoms in total. The first-order chi connectivity index (χ1) is 7.34. The summed E-state index contributed by atoms with van der Waals surface area (Å²) in [6.07, 6.45) is 4.46. The fourth-order valence-corrected chi connectivity index (χ4v) is 1.22. The third-order valence-electron chi connectivity index (χ3n) is 1.95. The summed E-state index contributed by atoms with van der Waals surface area (Å²) in [5, 5.41) is 9.48. The minimum absolute atomic E-state index is 0.321. The van der Waals surface area contributed by atoms with E-state index in [4.69, 9.17) is 5.73 Å². The smallest absolute Gasteiger partial charge is 0.243 e. The van der Waals surface area contributed by atoms with Gasteiger partial charge < -0.3 is 11.1 Å². The van der Waals surface area contributed by atoms with Gasteiger partial charge >= 0.3 is 0 Å². The van der Waals surface area contributed by atoms with E-state index in [1.165, 1.54) is 5.56 Å². The molecule has 0 spiro atoms. The first-order valence-electron chi connectivity index (χ1n) is 4.65. The number of aromatic amines is 1. The van der Waals surface area contributed by atoms with Crippen LogP contribution in [0.5, 0.6) is 0 Å². The van der Waals surface area contributed by atoms with Crippen LogP contribution in [0.25, 0.3) is 0 Å². The van der Waals surface area contributed by atoms with Crippen molar-refractivity contribution in [1.29, 1.82) is 0 Å². The zero-order valence-corrected chi connectivity index (χ0v) is 8.14. The monoisotopic (exact) mass is 204 g/mol. The van der Waals surface area contributed by atoms with Gasteiger partial charge in [0.15, 0.2) is 0 Å². The highest BCUT2D eigenvalue weighted by Crippen LogP contribution is 2.01. The molecule has 2 aromatic rings. The molecule has 2 heterocycles. The molecule has 0 aliphatic carbocycles. The van der Waals surface area contributed by atoms with E-state index in [1.807, 2.05) is 12.1 Å². The summed E-state index contributed by atoms with van der Waals surface area (Å²) in [6.45, 7) is 0.765. The van der Waals surface area contributed by atoms with E-state index in [0.29, 0.717) is 11.9 Å². The number of nitrogens with two attached hydrogens (primary N) is 1. The lowest BCUT2D eigenvalue weighted by Gasteiger charge is -2.01. The first kappa shape index (κ1) is 9.45. The summed E-state index contributed by atoms with van der Waals surface area (Å²) in [6, 6.07) is 3.96. The van der Waals surface area contributed by atoms with E-state index in [2.05, 4.69) is 25.5 Å². The number of hydrogen-bond acceptors (Lipinski definition) is 5. The van der Waals surface area contributed by atoms with Gasteiger partial charge in [0.2, 0.25) is 11.9 Å². The Balaban J connectivity index is 1.80. The Morgan fingerprint density at radius 2 is 2.13 bits per heavy atom. The lowest BCUT2D eigenvalue weighted by molar-refractivity contribution is 0.980. The van der Waals surface area contributed by atoms with Crippen LogP contribution in [0.15, 0.2) is 24.5 Å². The SMILES string of the molecule is Nc1nc(NCCc2ccncc2)n[nH]1. The van der Waals surface area contributed by atoms with Crippen molar-refractivity contribution >= 4 is 11.9 Å². The third-order valence-corrected chi connectivity index (χ3v) is 1.95. The Bertz CT molecular complexity index is 410. The lowest BCUT2D eigenvalue weighted by atomic mass is 10.2. The molecule has 78 valence electrons. The molecule has 2 aromatic heterocycles. The summed E-state index contributed by atoms with van der Waals surface area (Å²) in [4.78, 5) is 7.88. The van der Waals surface area contributed by atoms with Gasteiger partial charge in [-0.05, 0) is 24.1 Å². The van der Waals surface area contributed by atoms with Gasteiger partial charge in [-0.2, -0.15) is 4.98 Å². The van der Waals surface area contributed by atoms with Crippen LogP contribution in [0, 0.1) is 0 Å². The van der Waals surface area contributed by atoms with Crippen LogP contribution in [0.1, 0.15) is 5.56 Å². The second-order valence-corrected chi connectivity index (χ2v) is 3.08. The lowest BCUT2D eigenvalue weighted by Crippen LogP contribution is -2.06. The number of aromatic nitrogens is 4. The first-order valence-corrected chi connectivity index (χ1v) is 4.65. The Kier molecular flexibility index (Phi) is 2.77. The van der Waals surface area contributed by atoms with Gasteiger partial charge in [0.1, 0.15) is 0 Å². The second kappa shape index (κ2) is 4.41. The van der Waals surface area contributed by atoms with Crippen molar-refractivity contribution in [2.24, 2.45) is 0 Å². The number of pyridine rings is 1. The van der Waals surface area contributed by atoms with E-state index < -0.39 is 0 Å². The van der Waals surface area contributed by atoms with Crippen molar-refractivity contribution in [3.05, 3.63) is 30.1 Å². The molecule has 0 aromatic carbocycles. The van der Waals surface area contributed by atoms with Crippen molar-refractivity contribution in [3.8, 4) is 0 Å². The average Bonchev–Trinajstić information content (AvgIpc) is 2.66. The van der Waals surface area contributed by atoms with Crippen LogP contribution in [0.4, 0.5) is 11.9 Å². The largest absolute Gasteiger partial charge is 0.368 e. The highest BCUT2D eigenvalue weighted by atomic mass is 15.3. The molecule has 0 unspecified atom stereocenters. The van der Waals surface area contributed by atoms with E-state index in [9.17, 15) is 0 Å². The Morgan fingerprint density at radius 1 is 1.33 bits per heavy atom. The topological polar surface area (TPSA) is 92.5 Å². The predicted octanol–water partition coefficient (Wildman–Crippen LogP) is 0.436. The molecule has 0 radical (unpaired) electrons.